The van der Waals surface area contributed by atoms with Crippen molar-refractivity contribution in [2.45, 2.75) is 11.8 Å². The number of primary amides is 1. The van der Waals surface area contributed by atoms with Crippen LogP contribution in [0.2, 0.25) is 0 Å². The third-order valence-electron chi connectivity index (χ3n) is 2.22. The summed E-state index contributed by atoms with van der Waals surface area (Å²) in [7, 11) is -3.65. The number of hydrogen-bond donors (Lipinski definition) is 3. The number of amides is 2. The number of hydrogen-bond acceptors (Lipinski definition) is 3. The molecule has 6 nitrogen and oxygen atoms in total. The molecule has 9 heteroatoms. The monoisotopic (exact) mass is 413 g/mol. The van der Waals surface area contributed by atoms with E-state index in [1.807, 2.05) is 6.92 Å². The molecule has 0 saturated carbocycles. The minimum Gasteiger partial charge on any atom is -0.352 e. The Balaban J connectivity index is 2.83. The fourth-order valence-corrected chi connectivity index (χ4v) is 3.99. The van der Waals surface area contributed by atoms with Gasteiger partial charge in [0.15, 0.2) is 0 Å². The smallest absolute Gasteiger partial charge is 0.312 e. The molecule has 0 aliphatic rings. The third-order valence-corrected chi connectivity index (χ3v) is 5.49. The Morgan fingerprint density at radius 1 is 1.26 bits per heavy atom. The van der Waals surface area contributed by atoms with Gasteiger partial charge in [-0.05, 0) is 40.5 Å². The maximum absolute atomic E-state index is 12.1. The molecule has 19 heavy (non-hydrogen) atoms. The number of carbonyl (C=O) groups is 1. The van der Waals surface area contributed by atoms with Crippen LogP contribution in [0.4, 0.5) is 4.79 Å². The zero-order chi connectivity index (χ0) is 14.6. The molecule has 0 radical (unpaired) electrons. The predicted molar refractivity (Wildman–Crippen MR) is 79.4 cm³/mol. The van der Waals surface area contributed by atoms with E-state index in [0.717, 1.165) is 5.56 Å². The highest BCUT2D eigenvalue weighted by molar-refractivity contribution is 9.11. The lowest BCUT2D eigenvalue weighted by Gasteiger charge is -2.10. The summed E-state index contributed by atoms with van der Waals surface area (Å²) in [5, 5.41) is 2.30. The van der Waals surface area contributed by atoms with Crippen LogP contribution in [0.1, 0.15) is 5.56 Å². The summed E-state index contributed by atoms with van der Waals surface area (Å²) in [5.41, 5.74) is 5.79. The Morgan fingerprint density at radius 3 is 2.47 bits per heavy atom. The van der Waals surface area contributed by atoms with Crippen LogP contribution in [0.15, 0.2) is 26.0 Å². The van der Waals surface area contributed by atoms with Crippen LogP contribution in [-0.4, -0.2) is 27.5 Å². The summed E-state index contributed by atoms with van der Waals surface area (Å²) in [4.78, 5) is 10.6. The number of nitrogens with one attached hydrogen (secondary N) is 2. The van der Waals surface area contributed by atoms with Crippen LogP contribution >= 0.6 is 31.9 Å². The number of benzene rings is 1. The van der Waals surface area contributed by atoms with Crippen LogP contribution in [0.3, 0.4) is 0 Å². The molecular weight excluding hydrogens is 402 g/mol. The molecule has 1 aromatic carbocycles. The average molecular weight is 415 g/mol. The van der Waals surface area contributed by atoms with E-state index in [9.17, 15) is 13.2 Å². The molecule has 0 spiro atoms. The maximum atomic E-state index is 12.1. The van der Waals surface area contributed by atoms with Crippen molar-refractivity contribution in [1.29, 1.82) is 0 Å². The normalized spacial score (nSPS) is 11.3. The maximum Gasteiger partial charge on any atom is 0.312 e. The minimum absolute atomic E-state index is 0.0587. The Labute approximate surface area is 128 Å². The quantitative estimate of drug-likeness (QED) is 0.635. The Hall–Kier alpha value is -0.640. The lowest BCUT2D eigenvalue weighted by Crippen LogP contribution is -2.37. The van der Waals surface area contributed by atoms with Crippen molar-refractivity contribution in [2.24, 2.45) is 5.73 Å². The first-order chi connectivity index (χ1) is 8.74. The third kappa shape index (κ3) is 4.75. The molecule has 0 unspecified atom stereocenters. The summed E-state index contributed by atoms with van der Waals surface area (Å²) >= 11 is 6.51. The molecular formula is C10H13Br2N3O3S. The number of sulfonamides is 1. The van der Waals surface area contributed by atoms with Crippen LogP contribution in [0.5, 0.6) is 0 Å². The van der Waals surface area contributed by atoms with Crippen molar-refractivity contribution in [3.05, 3.63) is 26.6 Å². The van der Waals surface area contributed by atoms with Gasteiger partial charge in [0.1, 0.15) is 0 Å². The number of aryl methyl sites for hydroxylation is 1. The van der Waals surface area contributed by atoms with Gasteiger partial charge in [0.25, 0.3) is 0 Å². The van der Waals surface area contributed by atoms with E-state index >= 15 is 0 Å². The zero-order valence-corrected chi connectivity index (χ0v) is 14.0. The van der Waals surface area contributed by atoms with Crippen LogP contribution in [0, 0.1) is 6.92 Å². The Morgan fingerprint density at radius 2 is 1.89 bits per heavy atom. The van der Waals surface area contributed by atoms with Crippen LogP contribution < -0.4 is 15.8 Å². The molecule has 1 aromatic rings. The SMILES string of the molecule is Cc1cc(Br)c(S(=O)(=O)NCCNC(N)=O)cc1Br. The van der Waals surface area contributed by atoms with E-state index in [2.05, 4.69) is 41.9 Å². The first-order valence-electron chi connectivity index (χ1n) is 5.22. The standard InChI is InChI=1S/C10H13Br2N3O3S/c1-6-4-8(12)9(5-7(6)11)19(17,18)15-3-2-14-10(13)16/h4-5,15H,2-3H2,1H3,(H3,13,14,16). The molecule has 0 aromatic heterocycles. The number of urea groups is 1. The van der Waals surface area contributed by atoms with Gasteiger partial charge in [-0.2, -0.15) is 0 Å². The summed E-state index contributed by atoms with van der Waals surface area (Å²) in [5.74, 6) is 0. The van der Waals surface area contributed by atoms with Crippen molar-refractivity contribution < 1.29 is 13.2 Å². The van der Waals surface area contributed by atoms with Gasteiger partial charge < -0.3 is 11.1 Å². The lowest BCUT2D eigenvalue weighted by atomic mass is 10.2. The number of nitrogens with two attached hydrogens (primary N) is 1. The fraction of sp³-hybridized carbons (Fsp3) is 0.300. The highest BCUT2D eigenvalue weighted by Gasteiger charge is 2.18. The van der Waals surface area contributed by atoms with E-state index in [1.54, 1.807) is 6.07 Å². The molecule has 4 N–H and O–H groups in total. The van der Waals surface area contributed by atoms with Crippen molar-refractivity contribution in [2.75, 3.05) is 13.1 Å². The topological polar surface area (TPSA) is 101 Å². The van der Waals surface area contributed by atoms with Crippen molar-refractivity contribution in [1.82, 2.24) is 10.0 Å². The molecule has 0 fully saturated rings. The van der Waals surface area contributed by atoms with Gasteiger partial charge in [0, 0.05) is 22.0 Å². The summed E-state index contributed by atoms with van der Waals surface area (Å²) in [6.45, 7) is 2.04. The molecule has 2 amide bonds. The van der Waals surface area contributed by atoms with E-state index in [1.165, 1.54) is 6.07 Å². The average Bonchev–Trinajstić information content (AvgIpc) is 2.29. The highest BCUT2D eigenvalue weighted by Crippen LogP contribution is 2.28. The van der Waals surface area contributed by atoms with E-state index in [-0.39, 0.29) is 18.0 Å². The largest absolute Gasteiger partial charge is 0.352 e. The van der Waals surface area contributed by atoms with Crippen LogP contribution in [-0.2, 0) is 10.0 Å². The van der Waals surface area contributed by atoms with Gasteiger partial charge in [-0.3, -0.25) is 0 Å². The van der Waals surface area contributed by atoms with E-state index in [0.29, 0.717) is 8.95 Å². The fourth-order valence-electron chi connectivity index (χ4n) is 1.28. The molecule has 106 valence electrons. The summed E-state index contributed by atoms with van der Waals surface area (Å²) < 4.78 is 27.7. The van der Waals surface area contributed by atoms with Gasteiger partial charge in [-0.25, -0.2) is 17.9 Å². The molecule has 0 heterocycles. The summed E-state index contributed by atoms with van der Waals surface area (Å²) in [6, 6.07) is 2.53. The number of rotatable bonds is 5. The molecule has 0 aliphatic carbocycles. The molecule has 0 bridgehead atoms. The van der Waals surface area contributed by atoms with Crippen LogP contribution in [0.25, 0.3) is 0 Å². The van der Waals surface area contributed by atoms with Gasteiger partial charge in [-0.15, -0.1) is 0 Å². The second-order valence-electron chi connectivity index (χ2n) is 3.72. The van der Waals surface area contributed by atoms with Crippen molar-refractivity contribution >= 4 is 47.9 Å². The van der Waals surface area contributed by atoms with Crippen molar-refractivity contribution in [3.63, 3.8) is 0 Å². The summed E-state index contributed by atoms with van der Waals surface area (Å²) in [6.07, 6.45) is 0. The molecule has 0 saturated heterocycles. The Kier molecular flexibility index (Phi) is 5.78. The number of carbonyl (C=O) groups excluding carboxylic acids is 1. The second kappa shape index (κ2) is 6.69. The zero-order valence-electron chi connectivity index (χ0n) is 10.0. The number of halogens is 2. The first-order valence-corrected chi connectivity index (χ1v) is 8.29. The molecule has 0 atom stereocenters. The Bertz CT molecular complexity index is 590. The van der Waals surface area contributed by atoms with Gasteiger partial charge in [0.2, 0.25) is 10.0 Å². The van der Waals surface area contributed by atoms with E-state index in [4.69, 9.17) is 5.73 Å². The van der Waals surface area contributed by atoms with E-state index < -0.39 is 16.1 Å². The minimum atomic E-state index is -3.65. The highest BCUT2D eigenvalue weighted by atomic mass is 79.9. The van der Waals surface area contributed by atoms with Gasteiger partial charge >= 0.3 is 6.03 Å². The molecule has 1 rings (SSSR count). The lowest BCUT2D eigenvalue weighted by molar-refractivity contribution is 0.249. The van der Waals surface area contributed by atoms with Gasteiger partial charge in [0.05, 0.1) is 4.90 Å². The van der Waals surface area contributed by atoms with Crippen molar-refractivity contribution in [3.8, 4) is 0 Å². The second-order valence-corrected chi connectivity index (χ2v) is 7.16. The first kappa shape index (κ1) is 16.4. The predicted octanol–water partition coefficient (Wildman–Crippen LogP) is 1.47. The molecule has 0 aliphatic heterocycles. The van der Waals surface area contributed by atoms with Gasteiger partial charge in [-0.1, -0.05) is 15.9 Å².